The van der Waals surface area contributed by atoms with Crippen LogP contribution in [0.3, 0.4) is 0 Å². The van der Waals surface area contributed by atoms with Crippen LogP contribution in [0.15, 0.2) is 24.5 Å². The van der Waals surface area contributed by atoms with Crippen molar-refractivity contribution in [2.45, 2.75) is 41.5 Å². The van der Waals surface area contributed by atoms with Gasteiger partial charge in [-0.3, -0.25) is 0 Å². The molecule has 0 atom stereocenters. The Labute approximate surface area is 139 Å². The van der Waals surface area contributed by atoms with E-state index in [1.54, 1.807) is 22.7 Å². The summed E-state index contributed by atoms with van der Waals surface area (Å²) >= 11 is 5.31. The zero-order valence-electron chi connectivity index (χ0n) is 13.4. The molecule has 0 aliphatic heterocycles. The second-order valence-electron chi connectivity index (χ2n) is 4.64. The summed E-state index contributed by atoms with van der Waals surface area (Å²) in [5.74, 6) is 0. The summed E-state index contributed by atoms with van der Waals surface area (Å²) in [5.41, 5.74) is 0. The fraction of sp³-hybridized carbons (Fsp3) is 0.375. The maximum atomic E-state index is 4.03. The molecule has 0 aromatic carbocycles. The van der Waals surface area contributed by atoms with Crippen LogP contribution in [-0.4, -0.2) is 9.97 Å². The van der Waals surface area contributed by atoms with Crippen molar-refractivity contribution < 1.29 is 0 Å². The Morgan fingerprint density at radius 2 is 0.952 bits per heavy atom. The quantitative estimate of drug-likeness (QED) is 0.511. The Bertz CT molecular complexity index is 509. The van der Waals surface area contributed by atoms with E-state index in [2.05, 4.69) is 49.8 Å². The lowest BCUT2D eigenvalue weighted by Gasteiger charge is -1.71. The smallest absolute Gasteiger partial charge is 0.0896 e. The minimum atomic E-state index is 1.15. The van der Waals surface area contributed by atoms with E-state index in [1.807, 2.05) is 37.6 Å². The minimum Gasteiger partial charge on any atom is -0.250 e. The number of hydrogen-bond donors (Lipinski definition) is 0. The Hall–Kier alpha value is -1.04. The highest BCUT2D eigenvalue weighted by atomic mass is 32.1. The van der Waals surface area contributed by atoms with Crippen molar-refractivity contribution in [2.24, 2.45) is 0 Å². The van der Waals surface area contributed by atoms with Gasteiger partial charge in [0, 0.05) is 31.9 Å². The first-order chi connectivity index (χ1) is 9.86. The molecule has 0 spiro atoms. The Morgan fingerprint density at radius 1 is 0.571 bits per heavy atom. The van der Waals surface area contributed by atoms with Crippen molar-refractivity contribution in [1.29, 1.82) is 0 Å². The maximum absolute atomic E-state index is 4.03. The van der Waals surface area contributed by atoms with Gasteiger partial charge in [-0.25, -0.2) is 9.97 Å². The molecule has 0 saturated heterocycles. The van der Waals surface area contributed by atoms with Crippen molar-refractivity contribution in [3.05, 3.63) is 54.1 Å². The summed E-state index contributed by atoms with van der Waals surface area (Å²) in [4.78, 5) is 13.4. The van der Waals surface area contributed by atoms with Crippen LogP contribution in [0.2, 0.25) is 0 Å². The molecule has 3 rings (SSSR count). The molecule has 3 aromatic heterocycles. The van der Waals surface area contributed by atoms with E-state index in [-0.39, 0.29) is 0 Å². The third kappa shape index (κ3) is 8.09. The predicted octanol–water partition coefficient (Wildman–Crippen LogP) is 5.88. The van der Waals surface area contributed by atoms with Crippen LogP contribution in [0.4, 0.5) is 0 Å². The van der Waals surface area contributed by atoms with Crippen molar-refractivity contribution in [3.8, 4) is 0 Å². The van der Waals surface area contributed by atoms with Gasteiger partial charge in [0.05, 0.1) is 10.0 Å². The Kier molecular flexibility index (Phi) is 7.78. The maximum Gasteiger partial charge on any atom is 0.0896 e. The molecule has 0 unspecified atom stereocenters. The molecule has 0 amide bonds. The number of thiophene rings is 1. The third-order valence-electron chi connectivity index (χ3n) is 2.35. The summed E-state index contributed by atoms with van der Waals surface area (Å²) in [6, 6.07) is 4.28. The van der Waals surface area contributed by atoms with Crippen LogP contribution < -0.4 is 0 Å². The van der Waals surface area contributed by atoms with Crippen LogP contribution in [0.1, 0.15) is 29.5 Å². The Morgan fingerprint density at radius 3 is 1.05 bits per heavy atom. The highest BCUT2D eigenvalue weighted by Gasteiger charge is 1.87. The fourth-order valence-corrected chi connectivity index (χ4v) is 3.63. The number of rotatable bonds is 0. The molecule has 3 heterocycles. The van der Waals surface area contributed by atoms with E-state index in [0.717, 1.165) is 10.0 Å². The molecule has 0 N–H and O–H groups in total. The number of thiazole rings is 2. The molecule has 21 heavy (non-hydrogen) atoms. The molecular weight excluding hydrogens is 316 g/mol. The first-order valence-corrected chi connectivity index (χ1v) is 9.13. The van der Waals surface area contributed by atoms with Crippen molar-refractivity contribution in [2.75, 3.05) is 0 Å². The first kappa shape index (κ1) is 18.0. The number of aryl methyl sites for hydroxylation is 6. The molecule has 5 heteroatoms. The molecule has 0 bridgehead atoms. The van der Waals surface area contributed by atoms with Gasteiger partial charge < -0.3 is 0 Å². The van der Waals surface area contributed by atoms with Crippen LogP contribution in [0.5, 0.6) is 0 Å². The first-order valence-electron chi connectivity index (χ1n) is 6.68. The van der Waals surface area contributed by atoms with Crippen LogP contribution in [0, 0.1) is 41.5 Å². The number of hydrogen-bond acceptors (Lipinski definition) is 5. The number of aromatic nitrogens is 2. The number of nitrogens with zero attached hydrogens (tertiary/aromatic N) is 2. The molecule has 114 valence electrons. The average molecular weight is 339 g/mol. The highest BCUT2D eigenvalue weighted by Crippen LogP contribution is 2.12. The average Bonchev–Trinajstić information content (AvgIpc) is 3.06. The zero-order chi connectivity index (χ0) is 15.8. The zero-order valence-corrected chi connectivity index (χ0v) is 15.9. The van der Waals surface area contributed by atoms with Crippen LogP contribution >= 0.6 is 34.0 Å². The monoisotopic (exact) mass is 338 g/mol. The van der Waals surface area contributed by atoms with E-state index >= 15 is 0 Å². The van der Waals surface area contributed by atoms with Gasteiger partial charge in [0.1, 0.15) is 0 Å². The summed E-state index contributed by atoms with van der Waals surface area (Å²) in [6.45, 7) is 12.4. The van der Waals surface area contributed by atoms with Gasteiger partial charge in [0.25, 0.3) is 0 Å². The summed E-state index contributed by atoms with van der Waals surface area (Å²) in [7, 11) is 0. The van der Waals surface area contributed by atoms with E-state index in [0.29, 0.717) is 0 Å². The SMILES string of the molecule is Cc1ccc(C)s1.Cc1cnc(C)s1.Cc1cnc(C)s1. The normalized spacial score (nSPS) is 9.43. The summed E-state index contributed by atoms with van der Waals surface area (Å²) < 4.78 is 0. The molecule has 0 aliphatic carbocycles. The molecule has 3 aromatic rings. The van der Waals surface area contributed by atoms with Crippen molar-refractivity contribution >= 4 is 34.0 Å². The molecular formula is C16H22N2S3. The van der Waals surface area contributed by atoms with Gasteiger partial charge in [-0.1, -0.05) is 0 Å². The standard InChI is InChI=1S/C6H8S.2C5H7NS/c1-5-3-4-6(2)7-5;2*1-4-3-6-5(2)7-4/h3-4H,1-2H3;2*3H,1-2H3. The van der Waals surface area contributed by atoms with E-state index in [4.69, 9.17) is 0 Å². The molecule has 2 nitrogen and oxygen atoms in total. The van der Waals surface area contributed by atoms with Crippen molar-refractivity contribution in [1.82, 2.24) is 9.97 Å². The fourth-order valence-electron chi connectivity index (χ4n) is 1.49. The van der Waals surface area contributed by atoms with Gasteiger partial charge in [0.2, 0.25) is 0 Å². The molecule has 0 radical (unpaired) electrons. The Balaban J connectivity index is 0.000000157. The summed E-state index contributed by atoms with van der Waals surface area (Å²) in [6.07, 6.45) is 3.78. The van der Waals surface area contributed by atoms with Gasteiger partial charge >= 0.3 is 0 Å². The topological polar surface area (TPSA) is 25.8 Å². The summed E-state index contributed by atoms with van der Waals surface area (Å²) in [5, 5.41) is 2.30. The van der Waals surface area contributed by atoms with Crippen molar-refractivity contribution in [3.63, 3.8) is 0 Å². The van der Waals surface area contributed by atoms with Crippen LogP contribution in [-0.2, 0) is 0 Å². The predicted molar refractivity (Wildman–Crippen MR) is 97.0 cm³/mol. The molecule has 0 aliphatic rings. The van der Waals surface area contributed by atoms with Crippen LogP contribution in [0.25, 0.3) is 0 Å². The van der Waals surface area contributed by atoms with Gasteiger partial charge in [0.15, 0.2) is 0 Å². The second kappa shape index (κ2) is 9.07. The minimum absolute atomic E-state index is 1.15. The molecule has 0 fully saturated rings. The van der Waals surface area contributed by atoms with Gasteiger partial charge in [-0.05, 0) is 53.7 Å². The van der Waals surface area contributed by atoms with E-state index in [9.17, 15) is 0 Å². The second-order valence-corrected chi connectivity index (χ2v) is 9.01. The van der Waals surface area contributed by atoms with E-state index < -0.39 is 0 Å². The van der Waals surface area contributed by atoms with E-state index in [1.165, 1.54) is 19.5 Å². The third-order valence-corrected chi connectivity index (χ3v) is 4.92. The van der Waals surface area contributed by atoms with Gasteiger partial charge in [-0.2, -0.15) is 0 Å². The highest BCUT2D eigenvalue weighted by molar-refractivity contribution is 7.12. The molecule has 0 saturated carbocycles. The lowest BCUT2D eigenvalue weighted by atomic mass is 10.5. The van der Waals surface area contributed by atoms with Gasteiger partial charge in [-0.15, -0.1) is 34.0 Å². The largest absolute Gasteiger partial charge is 0.250 e. The lowest BCUT2D eigenvalue weighted by molar-refractivity contribution is 1.28. The lowest BCUT2D eigenvalue weighted by Crippen LogP contribution is -1.57.